The zero-order chi connectivity index (χ0) is 33.6. The summed E-state index contributed by atoms with van der Waals surface area (Å²) in [5, 5.41) is 5.92. The number of halogens is 1. The number of carbonyl (C=O) groups is 4. The predicted molar refractivity (Wildman–Crippen MR) is 173 cm³/mol. The summed E-state index contributed by atoms with van der Waals surface area (Å²) in [6.45, 7) is 4.77. The summed E-state index contributed by atoms with van der Waals surface area (Å²) >= 11 is 0. The number of amides is 4. The van der Waals surface area contributed by atoms with Crippen molar-refractivity contribution in [3.8, 4) is 11.5 Å². The Morgan fingerprint density at radius 1 is 0.979 bits per heavy atom. The van der Waals surface area contributed by atoms with Crippen LogP contribution in [0.1, 0.15) is 58.4 Å². The molecule has 12 nitrogen and oxygen atoms in total. The second-order valence-electron chi connectivity index (χ2n) is 13.1. The van der Waals surface area contributed by atoms with Crippen molar-refractivity contribution in [3.63, 3.8) is 0 Å². The Bertz CT molecular complexity index is 1510. The fourth-order valence-electron chi connectivity index (χ4n) is 6.88. The second kappa shape index (κ2) is 15.4. The highest BCUT2D eigenvalue weighted by Gasteiger charge is 2.36. The molecule has 48 heavy (non-hydrogen) atoms. The van der Waals surface area contributed by atoms with E-state index in [0.717, 1.165) is 32.5 Å². The quantitative estimate of drug-likeness (QED) is 0.499. The zero-order valence-electron chi connectivity index (χ0n) is 27.4. The monoisotopic (exact) mass is 665 g/mol. The van der Waals surface area contributed by atoms with Crippen molar-refractivity contribution in [1.29, 1.82) is 0 Å². The highest BCUT2D eigenvalue weighted by atomic mass is 19.1. The summed E-state index contributed by atoms with van der Waals surface area (Å²) in [4.78, 5) is 58.9. The number of piperidine rings is 1. The molecule has 4 aliphatic rings. The van der Waals surface area contributed by atoms with E-state index >= 15 is 0 Å². The van der Waals surface area contributed by atoms with Gasteiger partial charge in [-0.1, -0.05) is 0 Å². The molecule has 3 saturated heterocycles. The van der Waals surface area contributed by atoms with Crippen LogP contribution in [0.3, 0.4) is 0 Å². The minimum absolute atomic E-state index is 0.0353. The van der Waals surface area contributed by atoms with Crippen LogP contribution in [-0.2, 0) is 25.7 Å². The van der Waals surface area contributed by atoms with Crippen molar-refractivity contribution in [3.05, 3.63) is 58.9 Å². The van der Waals surface area contributed by atoms with Crippen molar-refractivity contribution in [2.45, 2.75) is 50.9 Å². The first-order valence-electron chi connectivity index (χ1n) is 16.9. The van der Waals surface area contributed by atoms with Crippen LogP contribution in [0, 0.1) is 11.7 Å². The van der Waals surface area contributed by atoms with Crippen LogP contribution < -0.4 is 15.4 Å². The highest BCUT2D eigenvalue weighted by molar-refractivity contribution is 6.01. The average Bonchev–Trinajstić information content (AvgIpc) is 3.60. The van der Waals surface area contributed by atoms with Crippen LogP contribution in [-0.4, -0.2) is 117 Å². The summed E-state index contributed by atoms with van der Waals surface area (Å²) in [5.74, 6) is -1.57. The number of hydrogen-bond acceptors (Lipinski definition) is 8. The van der Waals surface area contributed by atoms with E-state index < -0.39 is 29.8 Å². The SMILES string of the molecule is CN1CC(=O)N[C@@H]2CN(C(=O)C3CCOCC3)CC[C@@H]2OCc2cc(F)cc(c2)Oc2cc(C(=O)NCCN3CCCC3)cc(c2)C1=O. The summed E-state index contributed by atoms with van der Waals surface area (Å²) in [7, 11) is 1.50. The van der Waals surface area contributed by atoms with Gasteiger partial charge in [0.05, 0.1) is 25.3 Å². The number of rotatable bonds is 5. The van der Waals surface area contributed by atoms with Crippen molar-refractivity contribution in [1.82, 2.24) is 25.3 Å². The van der Waals surface area contributed by atoms with Gasteiger partial charge in [0.25, 0.3) is 11.8 Å². The van der Waals surface area contributed by atoms with Gasteiger partial charge in [0.15, 0.2) is 0 Å². The van der Waals surface area contributed by atoms with Gasteiger partial charge in [-0.3, -0.25) is 19.2 Å². The smallest absolute Gasteiger partial charge is 0.254 e. The van der Waals surface area contributed by atoms with Gasteiger partial charge in [0, 0.05) is 69.6 Å². The maximum Gasteiger partial charge on any atom is 0.254 e. The van der Waals surface area contributed by atoms with E-state index in [1.807, 2.05) is 0 Å². The number of carbonyl (C=O) groups excluding carboxylic acids is 4. The Kier molecular flexibility index (Phi) is 10.9. The number of likely N-dealkylation sites (N-methyl/N-ethyl adjacent to an activating group) is 1. The molecule has 13 heteroatoms. The summed E-state index contributed by atoms with van der Waals surface area (Å²) in [6, 6.07) is 8.13. The first-order chi connectivity index (χ1) is 23.2. The van der Waals surface area contributed by atoms with Crippen molar-refractivity contribution in [2.75, 3.05) is 66.1 Å². The van der Waals surface area contributed by atoms with Gasteiger partial charge in [-0.15, -0.1) is 0 Å². The van der Waals surface area contributed by atoms with E-state index in [9.17, 15) is 23.6 Å². The van der Waals surface area contributed by atoms with E-state index in [4.69, 9.17) is 14.2 Å². The molecule has 2 atom stereocenters. The van der Waals surface area contributed by atoms with Crippen LogP contribution in [0.4, 0.5) is 4.39 Å². The maximum absolute atomic E-state index is 14.8. The molecule has 4 amide bonds. The van der Waals surface area contributed by atoms with Crippen LogP contribution >= 0.6 is 0 Å². The lowest BCUT2D eigenvalue weighted by Crippen LogP contribution is -2.59. The fraction of sp³-hybridized carbons (Fsp3) is 0.543. The third-order valence-electron chi connectivity index (χ3n) is 9.46. The molecule has 0 aliphatic carbocycles. The Hall–Kier alpha value is -4.07. The standard InChI is InChI=1S/C35H44FN5O7/c1-39-21-32(42)38-30-20-41(35(45)24-5-12-46-13-6-24)10-4-31(30)47-22-23-14-27(36)19-28(15-23)48-29-17-25(16-26(18-29)34(39)44)33(43)37-7-11-40-8-2-3-9-40/h14-19,24,30-31H,2-13,20-22H2,1H3,(H,37,43)(H,38,42)/t30-,31+/m1/s1. The molecule has 6 rings (SSSR count). The lowest BCUT2D eigenvalue weighted by atomic mass is 9.95. The third-order valence-corrected chi connectivity index (χ3v) is 9.46. The number of hydrogen-bond donors (Lipinski definition) is 2. The van der Waals surface area contributed by atoms with Crippen LogP contribution in [0.5, 0.6) is 11.5 Å². The molecule has 4 aliphatic heterocycles. The van der Waals surface area contributed by atoms with Crippen LogP contribution in [0.25, 0.3) is 0 Å². The molecule has 4 heterocycles. The first-order valence-corrected chi connectivity index (χ1v) is 16.9. The predicted octanol–water partition coefficient (Wildman–Crippen LogP) is 2.56. The van der Waals surface area contributed by atoms with Gasteiger partial charge in [-0.2, -0.15) is 0 Å². The Morgan fingerprint density at radius 3 is 2.54 bits per heavy atom. The average molecular weight is 666 g/mol. The third kappa shape index (κ3) is 8.50. The highest BCUT2D eigenvalue weighted by Crippen LogP contribution is 2.28. The molecule has 4 bridgehead atoms. The lowest BCUT2D eigenvalue weighted by molar-refractivity contribution is -0.143. The summed E-state index contributed by atoms with van der Waals surface area (Å²) in [5.41, 5.74) is 0.855. The number of nitrogens with one attached hydrogen (secondary N) is 2. The molecule has 0 unspecified atom stereocenters. The van der Waals surface area contributed by atoms with Gasteiger partial charge in [-0.05, 0) is 81.1 Å². The zero-order valence-corrected chi connectivity index (χ0v) is 27.4. The van der Waals surface area contributed by atoms with E-state index in [1.165, 1.54) is 42.3 Å². The molecule has 0 aromatic heterocycles. The number of ether oxygens (including phenoxy) is 3. The van der Waals surface area contributed by atoms with Gasteiger partial charge in [0.2, 0.25) is 11.8 Å². The number of benzene rings is 2. The van der Waals surface area contributed by atoms with Gasteiger partial charge >= 0.3 is 0 Å². The second-order valence-corrected chi connectivity index (χ2v) is 13.1. The normalized spacial score (nSPS) is 22.9. The van der Waals surface area contributed by atoms with E-state index in [0.29, 0.717) is 51.1 Å². The largest absolute Gasteiger partial charge is 0.457 e. The van der Waals surface area contributed by atoms with Gasteiger partial charge in [0.1, 0.15) is 17.3 Å². The molecule has 0 radical (unpaired) electrons. The van der Waals surface area contributed by atoms with Crippen molar-refractivity contribution in [2.24, 2.45) is 5.92 Å². The van der Waals surface area contributed by atoms with E-state index in [1.54, 1.807) is 11.0 Å². The minimum atomic E-state index is -0.546. The Morgan fingerprint density at radius 2 is 1.75 bits per heavy atom. The Balaban J connectivity index is 1.24. The van der Waals surface area contributed by atoms with E-state index in [2.05, 4.69) is 15.5 Å². The lowest BCUT2D eigenvalue weighted by Gasteiger charge is -2.40. The minimum Gasteiger partial charge on any atom is -0.457 e. The topological polar surface area (TPSA) is 130 Å². The summed E-state index contributed by atoms with van der Waals surface area (Å²) < 4.78 is 32.5. The molecule has 2 N–H and O–H groups in total. The molecule has 3 fully saturated rings. The van der Waals surface area contributed by atoms with Gasteiger partial charge < -0.3 is 39.5 Å². The Labute approximate surface area is 279 Å². The number of nitrogens with zero attached hydrogens (tertiary/aromatic N) is 3. The fourth-order valence-corrected chi connectivity index (χ4v) is 6.88. The molecule has 0 saturated carbocycles. The first kappa shape index (κ1) is 33.8. The maximum atomic E-state index is 14.8. The van der Waals surface area contributed by atoms with Crippen molar-refractivity contribution >= 4 is 23.6 Å². The molecule has 258 valence electrons. The molecule has 0 spiro atoms. The molecule has 2 aromatic rings. The summed E-state index contributed by atoms with van der Waals surface area (Å²) in [6.07, 6.45) is 3.63. The number of fused-ring (bicyclic) bond motifs is 5. The number of likely N-dealkylation sites (tertiary alicyclic amines) is 2. The van der Waals surface area contributed by atoms with Crippen LogP contribution in [0.15, 0.2) is 36.4 Å². The van der Waals surface area contributed by atoms with Crippen molar-refractivity contribution < 1.29 is 37.8 Å². The van der Waals surface area contributed by atoms with Crippen LogP contribution in [0.2, 0.25) is 0 Å². The van der Waals surface area contributed by atoms with Gasteiger partial charge in [-0.25, -0.2) is 4.39 Å². The molecular weight excluding hydrogens is 621 g/mol. The molecule has 2 aromatic carbocycles. The molecular formula is C35H44FN5O7. The van der Waals surface area contributed by atoms with E-state index in [-0.39, 0.29) is 60.1 Å².